The number of amides is 2. The monoisotopic (exact) mass is 459 g/mol. The summed E-state index contributed by atoms with van der Waals surface area (Å²) in [5, 5.41) is 2.33. The van der Waals surface area contributed by atoms with Crippen LogP contribution in [0.15, 0.2) is 12.1 Å². The molecule has 1 unspecified atom stereocenters. The van der Waals surface area contributed by atoms with Crippen LogP contribution in [0.4, 0.5) is 10.1 Å². The summed E-state index contributed by atoms with van der Waals surface area (Å²) in [5.41, 5.74) is 1.06. The van der Waals surface area contributed by atoms with Crippen molar-refractivity contribution in [1.29, 1.82) is 0 Å². The molecule has 2 amide bonds. The maximum Gasteiger partial charge on any atom is 0.243 e. The van der Waals surface area contributed by atoms with Crippen LogP contribution >= 0.6 is 0 Å². The first-order chi connectivity index (χ1) is 16.0. The molecule has 3 aliphatic rings. The number of rotatable bonds is 7. The van der Waals surface area contributed by atoms with Crippen molar-refractivity contribution >= 4 is 23.8 Å². The van der Waals surface area contributed by atoms with Gasteiger partial charge in [-0.25, -0.2) is 4.39 Å². The first kappa shape index (κ1) is 23.8. The number of imide groups is 1. The number of nitrogens with one attached hydrogen (secondary N) is 1. The predicted octanol–water partition coefficient (Wildman–Crippen LogP) is 3.19. The normalized spacial score (nSPS) is 23.1. The molecule has 2 aliphatic heterocycles. The number of hydrogen-bond acceptors (Lipinski definition) is 6. The number of carbonyl (C=O) groups excluding carboxylic acids is 3. The zero-order valence-electron chi connectivity index (χ0n) is 19.4. The number of anilines is 1. The Kier molecular flexibility index (Phi) is 7.75. The highest BCUT2D eigenvalue weighted by molar-refractivity contribution is 6.00. The highest BCUT2D eigenvalue weighted by atomic mass is 19.1. The molecule has 2 heterocycles. The topological polar surface area (TPSA) is 79.0 Å². The number of likely N-dealkylation sites (N-methyl/N-ethyl adjacent to an activating group) is 1. The van der Waals surface area contributed by atoms with Gasteiger partial charge in [-0.1, -0.05) is 19.3 Å². The molecule has 4 rings (SSSR count). The average molecular weight is 460 g/mol. The quantitative estimate of drug-likeness (QED) is 0.498. The second kappa shape index (κ2) is 10.7. The lowest BCUT2D eigenvalue weighted by atomic mass is 9.97. The van der Waals surface area contributed by atoms with Gasteiger partial charge in [-0.2, -0.15) is 0 Å². The molecule has 0 aromatic heterocycles. The van der Waals surface area contributed by atoms with Crippen LogP contribution < -0.4 is 10.2 Å². The molecule has 0 bridgehead atoms. The number of ether oxygens (including phenoxy) is 1. The van der Waals surface area contributed by atoms with Crippen molar-refractivity contribution in [2.45, 2.75) is 82.6 Å². The van der Waals surface area contributed by atoms with E-state index in [0.717, 1.165) is 25.7 Å². The van der Waals surface area contributed by atoms with Crippen LogP contribution in [0.5, 0.6) is 0 Å². The molecule has 7 nitrogen and oxygen atoms in total. The van der Waals surface area contributed by atoms with Crippen molar-refractivity contribution in [2.24, 2.45) is 0 Å². The minimum atomic E-state index is -0.530. The van der Waals surface area contributed by atoms with Gasteiger partial charge in [-0.05, 0) is 51.3 Å². The van der Waals surface area contributed by atoms with Gasteiger partial charge in [0.25, 0.3) is 0 Å². The van der Waals surface area contributed by atoms with Crippen LogP contribution in [0.1, 0.15) is 73.7 Å². The maximum absolute atomic E-state index is 15.6. The lowest BCUT2D eigenvalue weighted by Crippen LogP contribution is -2.51. The highest BCUT2D eigenvalue weighted by Gasteiger charge is 2.31. The van der Waals surface area contributed by atoms with E-state index in [-0.39, 0.29) is 42.0 Å². The van der Waals surface area contributed by atoms with Gasteiger partial charge < -0.3 is 9.64 Å². The number of nitrogens with zero attached hydrogens (tertiary/aromatic N) is 2. The van der Waals surface area contributed by atoms with E-state index in [0.29, 0.717) is 37.6 Å². The third kappa shape index (κ3) is 5.61. The molecule has 1 saturated carbocycles. The first-order valence-electron chi connectivity index (χ1n) is 12.2. The second-order valence-corrected chi connectivity index (χ2v) is 9.55. The Bertz CT molecular complexity index is 879. The summed E-state index contributed by atoms with van der Waals surface area (Å²) in [6, 6.07) is 2.80. The Labute approximate surface area is 194 Å². The summed E-state index contributed by atoms with van der Waals surface area (Å²) in [5.74, 6) is -1.08. The van der Waals surface area contributed by atoms with Gasteiger partial charge in [0.2, 0.25) is 11.8 Å². The minimum absolute atomic E-state index is 0.112. The van der Waals surface area contributed by atoms with E-state index < -0.39 is 11.9 Å². The molecular weight excluding hydrogens is 425 g/mol. The highest BCUT2D eigenvalue weighted by Crippen LogP contribution is 2.31. The zero-order valence-corrected chi connectivity index (χ0v) is 19.4. The summed E-state index contributed by atoms with van der Waals surface area (Å²) < 4.78 is 22.0. The molecule has 180 valence electrons. The molecule has 1 atom stereocenters. The molecule has 1 aromatic carbocycles. The SMILES string of the molecule is CN(Cc1c(C=O)ccc(N2CCC(OC3CCCCC3)CC2)c1F)C1CCC(=O)NC1=O. The Balaban J connectivity index is 1.42. The van der Waals surface area contributed by atoms with Gasteiger partial charge in [-0.3, -0.25) is 24.6 Å². The van der Waals surface area contributed by atoms with Crippen LogP contribution in [-0.4, -0.2) is 61.4 Å². The maximum atomic E-state index is 15.6. The lowest BCUT2D eigenvalue weighted by Gasteiger charge is -2.36. The third-order valence-corrected chi connectivity index (χ3v) is 7.26. The van der Waals surface area contributed by atoms with Crippen molar-refractivity contribution in [3.8, 4) is 0 Å². The van der Waals surface area contributed by atoms with Gasteiger partial charge in [0, 0.05) is 37.2 Å². The van der Waals surface area contributed by atoms with Crippen LogP contribution in [0.3, 0.4) is 0 Å². The fourth-order valence-electron chi connectivity index (χ4n) is 5.31. The van der Waals surface area contributed by atoms with Crippen LogP contribution in [-0.2, 0) is 20.9 Å². The summed E-state index contributed by atoms with van der Waals surface area (Å²) >= 11 is 0. The fourth-order valence-corrected chi connectivity index (χ4v) is 5.31. The Hall–Kier alpha value is -2.32. The average Bonchev–Trinajstić information content (AvgIpc) is 2.81. The molecule has 33 heavy (non-hydrogen) atoms. The van der Waals surface area contributed by atoms with Crippen molar-refractivity contribution in [1.82, 2.24) is 10.2 Å². The van der Waals surface area contributed by atoms with E-state index in [1.807, 2.05) is 4.90 Å². The van der Waals surface area contributed by atoms with Gasteiger partial charge in [0.1, 0.15) is 6.29 Å². The molecular formula is C25H34FN3O4. The van der Waals surface area contributed by atoms with E-state index in [1.54, 1.807) is 24.1 Å². The number of benzene rings is 1. The molecule has 1 N–H and O–H groups in total. The number of carbonyl (C=O) groups is 3. The van der Waals surface area contributed by atoms with Gasteiger partial charge in [0.05, 0.1) is 23.9 Å². The number of aldehydes is 1. The van der Waals surface area contributed by atoms with Gasteiger partial charge in [0.15, 0.2) is 5.82 Å². The zero-order chi connectivity index (χ0) is 23.4. The van der Waals surface area contributed by atoms with E-state index in [9.17, 15) is 14.4 Å². The number of piperidine rings is 2. The largest absolute Gasteiger partial charge is 0.375 e. The molecule has 3 fully saturated rings. The van der Waals surface area contributed by atoms with E-state index in [1.165, 1.54) is 19.3 Å². The van der Waals surface area contributed by atoms with E-state index >= 15 is 4.39 Å². The Morgan fingerprint density at radius 3 is 2.45 bits per heavy atom. The van der Waals surface area contributed by atoms with E-state index in [4.69, 9.17) is 4.74 Å². The Morgan fingerprint density at radius 2 is 1.79 bits per heavy atom. The molecule has 0 radical (unpaired) electrons. The number of hydrogen-bond donors (Lipinski definition) is 1. The summed E-state index contributed by atoms with van der Waals surface area (Å²) in [6.45, 7) is 1.52. The summed E-state index contributed by atoms with van der Waals surface area (Å²) in [6.07, 6.45) is 9.68. The van der Waals surface area contributed by atoms with Gasteiger partial charge >= 0.3 is 0 Å². The van der Waals surface area contributed by atoms with Crippen molar-refractivity contribution in [3.05, 3.63) is 29.1 Å². The minimum Gasteiger partial charge on any atom is -0.375 e. The predicted molar refractivity (Wildman–Crippen MR) is 123 cm³/mol. The summed E-state index contributed by atoms with van der Waals surface area (Å²) in [4.78, 5) is 39.0. The second-order valence-electron chi connectivity index (χ2n) is 9.55. The van der Waals surface area contributed by atoms with Crippen molar-refractivity contribution in [3.63, 3.8) is 0 Å². The van der Waals surface area contributed by atoms with E-state index in [2.05, 4.69) is 5.32 Å². The molecule has 8 heteroatoms. The van der Waals surface area contributed by atoms with Crippen LogP contribution in [0, 0.1) is 5.82 Å². The Morgan fingerprint density at radius 1 is 1.09 bits per heavy atom. The molecule has 0 spiro atoms. The molecule has 1 aromatic rings. The number of halogens is 1. The van der Waals surface area contributed by atoms with Crippen molar-refractivity contribution in [2.75, 3.05) is 25.0 Å². The fraction of sp³-hybridized carbons (Fsp3) is 0.640. The van der Waals surface area contributed by atoms with Crippen molar-refractivity contribution < 1.29 is 23.5 Å². The molecule has 1 aliphatic carbocycles. The van der Waals surface area contributed by atoms with Gasteiger partial charge in [-0.15, -0.1) is 0 Å². The first-order valence-corrected chi connectivity index (χ1v) is 12.2. The van der Waals surface area contributed by atoms with Crippen LogP contribution in [0.25, 0.3) is 0 Å². The lowest BCUT2D eigenvalue weighted by molar-refractivity contribution is -0.137. The molecule has 2 saturated heterocycles. The smallest absolute Gasteiger partial charge is 0.243 e. The van der Waals surface area contributed by atoms with Crippen LogP contribution in [0.2, 0.25) is 0 Å². The standard InChI is InChI=1S/C25H34FN3O4/c1-28(22-9-10-23(31)27-25(22)32)15-20-17(16-30)7-8-21(24(20)26)29-13-11-19(12-14-29)33-18-5-3-2-4-6-18/h7-8,16,18-19,22H,2-6,9-15H2,1H3,(H,27,31,32). The third-order valence-electron chi connectivity index (χ3n) is 7.26. The summed E-state index contributed by atoms with van der Waals surface area (Å²) in [7, 11) is 1.72.